The molecule has 0 aliphatic heterocycles. The topological polar surface area (TPSA) is 35.0 Å². The second-order valence-corrected chi connectivity index (χ2v) is 2.56. The number of aromatic nitrogens is 2. The van der Waals surface area contributed by atoms with Crippen molar-refractivity contribution in [3.63, 3.8) is 0 Å². The summed E-state index contributed by atoms with van der Waals surface area (Å²) in [5, 5.41) is 0. The number of rotatable bonds is 4. The summed E-state index contributed by atoms with van der Waals surface area (Å²) in [7, 11) is 0. The summed E-state index contributed by atoms with van der Waals surface area (Å²) in [4.78, 5) is 8.11. The van der Waals surface area contributed by atoms with E-state index in [0.29, 0.717) is 12.6 Å². The van der Waals surface area contributed by atoms with Crippen LogP contribution in [0, 0.1) is 0 Å². The molecule has 1 heterocycles. The fraction of sp³-hybridized carbons (Fsp3) is 0.556. The first-order chi connectivity index (χ1) is 5.86. The zero-order chi connectivity index (χ0) is 8.81. The first kappa shape index (κ1) is 8.97. The highest BCUT2D eigenvalue weighted by atomic mass is 16.5. The third-order valence-corrected chi connectivity index (χ3v) is 1.49. The minimum atomic E-state index is 0.470. The Morgan fingerprint density at radius 1 is 1.25 bits per heavy atom. The van der Waals surface area contributed by atoms with Gasteiger partial charge in [-0.25, -0.2) is 9.97 Å². The molecule has 0 N–H and O–H groups in total. The molecule has 1 aromatic rings. The van der Waals surface area contributed by atoms with Gasteiger partial charge >= 0.3 is 6.01 Å². The van der Waals surface area contributed by atoms with Crippen LogP contribution in [0.15, 0.2) is 12.4 Å². The second kappa shape index (κ2) is 4.70. The molecule has 0 amide bonds. The van der Waals surface area contributed by atoms with Crippen LogP contribution in [0.1, 0.15) is 25.8 Å². The maximum Gasteiger partial charge on any atom is 0.316 e. The van der Waals surface area contributed by atoms with E-state index in [4.69, 9.17) is 4.74 Å². The molecule has 0 aromatic carbocycles. The fourth-order valence-electron chi connectivity index (χ4n) is 0.964. The summed E-state index contributed by atoms with van der Waals surface area (Å²) < 4.78 is 5.12. The summed E-state index contributed by atoms with van der Waals surface area (Å²) in [6.45, 7) is 4.67. The van der Waals surface area contributed by atoms with Gasteiger partial charge in [-0.2, -0.15) is 0 Å². The molecule has 0 aliphatic carbocycles. The Hall–Kier alpha value is -1.12. The number of ether oxygens (including phenoxy) is 1. The predicted octanol–water partition coefficient (Wildman–Crippen LogP) is 1.83. The molecule has 0 spiro atoms. The Morgan fingerprint density at radius 2 is 1.92 bits per heavy atom. The maximum atomic E-state index is 5.12. The Balaban J connectivity index is 2.58. The number of hydrogen-bond donors (Lipinski definition) is 0. The molecule has 3 heteroatoms. The summed E-state index contributed by atoms with van der Waals surface area (Å²) >= 11 is 0. The fourth-order valence-corrected chi connectivity index (χ4v) is 0.964. The number of nitrogens with zero attached hydrogens (tertiary/aromatic N) is 2. The lowest BCUT2D eigenvalue weighted by Gasteiger charge is -2.00. The highest BCUT2D eigenvalue weighted by Gasteiger charge is 1.95. The van der Waals surface area contributed by atoms with Crippen LogP contribution in [0.25, 0.3) is 0 Å². The average molecular weight is 166 g/mol. The van der Waals surface area contributed by atoms with E-state index in [1.165, 1.54) is 5.56 Å². The Labute approximate surface area is 72.8 Å². The van der Waals surface area contributed by atoms with E-state index in [2.05, 4.69) is 16.9 Å². The van der Waals surface area contributed by atoms with Crippen LogP contribution in [0.4, 0.5) is 0 Å². The lowest BCUT2D eigenvalue weighted by Crippen LogP contribution is -1.97. The van der Waals surface area contributed by atoms with Gasteiger partial charge in [-0.15, -0.1) is 0 Å². The van der Waals surface area contributed by atoms with Crippen molar-refractivity contribution < 1.29 is 4.74 Å². The monoisotopic (exact) mass is 166 g/mol. The van der Waals surface area contributed by atoms with E-state index in [0.717, 1.165) is 12.8 Å². The van der Waals surface area contributed by atoms with E-state index in [1.54, 1.807) is 0 Å². The van der Waals surface area contributed by atoms with Crippen LogP contribution in [0.3, 0.4) is 0 Å². The van der Waals surface area contributed by atoms with Crippen LogP contribution in [0.2, 0.25) is 0 Å². The molecule has 1 rings (SSSR count). The van der Waals surface area contributed by atoms with E-state index >= 15 is 0 Å². The van der Waals surface area contributed by atoms with Crippen molar-refractivity contribution in [3.05, 3.63) is 18.0 Å². The SMILES string of the molecule is CCCc1cnc(OCC)nc1. The van der Waals surface area contributed by atoms with Crippen molar-refractivity contribution in [2.24, 2.45) is 0 Å². The van der Waals surface area contributed by atoms with Crippen molar-refractivity contribution in [3.8, 4) is 6.01 Å². The molecular weight excluding hydrogens is 152 g/mol. The largest absolute Gasteiger partial charge is 0.464 e. The van der Waals surface area contributed by atoms with Crippen molar-refractivity contribution >= 4 is 0 Å². The summed E-state index contributed by atoms with van der Waals surface area (Å²) in [6, 6.07) is 0.470. The lowest BCUT2D eigenvalue weighted by molar-refractivity contribution is 0.312. The Kier molecular flexibility index (Phi) is 3.51. The van der Waals surface area contributed by atoms with Crippen molar-refractivity contribution in [1.29, 1.82) is 0 Å². The molecule has 3 nitrogen and oxygen atoms in total. The summed E-state index contributed by atoms with van der Waals surface area (Å²) in [5.74, 6) is 0. The molecule has 12 heavy (non-hydrogen) atoms. The van der Waals surface area contributed by atoms with Crippen LogP contribution in [-0.4, -0.2) is 16.6 Å². The third-order valence-electron chi connectivity index (χ3n) is 1.49. The van der Waals surface area contributed by atoms with E-state index in [-0.39, 0.29) is 0 Å². The number of hydrogen-bond acceptors (Lipinski definition) is 3. The summed E-state index contributed by atoms with van der Waals surface area (Å²) in [5.41, 5.74) is 1.17. The molecule has 0 aliphatic rings. The lowest BCUT2D eigenvalue weighted by atomic mass is 10.2. The third kappa shape index (κ3) is 2.49. The predicted molar refractivity (Wildman–Crippen MR) is 47.2 cm³/mol. The van der Waals surface area contributed by atoms with Crippen LogP contribution in [-0.2, 0) is 6.42 Å². The minimum Gasteiger partial charge on any atom is -0.464 e. The molecule has 0 fully saturated rings. The highest BCUT2D eigenvalue weighted by molar-refractivity contribution is 5.07. The van der Waals surface area contributed by atoms with Crippen LogP contribution >= 0.6 is 0 Å². The smallest absolute Gasteiger partial charge is 0.316 e. The van der Waals surface area contributed by atoms with E-state index in [9.17, 15) is 0 Å². The van der Waals surface area contributed by atoms with Gasteiger partial charge in [-0.05, 0) is 18.9 Å². The normalized spacial score (nSPS) is 9.83. The van der Waals surface area contributed by atoms with Crippen LogP contribution in [0.5, 0.6) is 6.01 Å². The van der Waals surface area contributed by atoms with Gasteiger partial charge in [0, 0.05) is 12.4 Å². The van der Waals surface area contributed by atoms with Crippen LogP contribution < -0.4 is 4.74 Å². The van der Waals surface area contributed by atoms with Gasteiger partial charge in [0.05, 0.1) is 6.61 Å². The molecule has 0 bridgehead atoms. The van der Waals surface area contributed by atoms with E-state index < -0.39 is 0 Å². The van der Waals surface area contributed by atoms with Gasteiger partial charge in [-0.1, -0.05) is 13.3 Å². The molecular formula is C9H14N2O. The first-order valence-electron chi connectivity index (χ1n) is 4.30. The molecule has 0 radical (unpaired) electrons. The zero-order valence-electron chi connectivity index (χ0n) is 7.58. The Morgan fingerprint density at radius 3 is 2.42 bits per heavy atom. The molecule has 66 valence electrons. The quantitative estimate of drug-likeness (QED) is 0.684. The van der Waals surface area contributed by atoms with Gasteiger partial charge in [0.25, 0.3) is 0 Å². The minimum absolute atomic E-state index is 0.470. The van der Waals surface area contributed by atoms with Gasteiger partial charge < -0.3 is 4.74 Å². The van der Waals surface area contributed by atoms with Crippen molar-refractivity contribution in [2.45, 2.75) is 26.7 Å². The Bertz CT molecular complexity index is 195. The van der Waals surface area contributed by atoms with Gasteiger partial charge in [0.1, 0.15) is 0 Å². The molecule has 0 atom stereocenters. The second-order valence-electron chi connectivity index (χ2n) is 2.56. The summed E-state index contributed by atoms with van der Waals surface area (Å²) in [6.07, 6.45) is 5.80. The maximum absolute atomic E-state index is 5.12. The van der Waals surface area contributed by atoms with Crippen molar-refractivity contribution in [2.75, 3.05) is 6.61 Å². The highest BCUT2D eigenvalue weighted by Crippen LogP contribution is 2.04. The van der Waals surface area contributed by atoms with E-state index in [1.807, 2.05) is 19.3 Å². The standard InChI is InChI=1S/C9H14N2O/c1-3-5-8-6-10-9(11-7-8)12-4-2/h6-7H,3-5H2,1-2H3. The van der Waals surface area contributed by atoms with Gasteiger partial charge in [0.15, 0.2) is 0 Å². The van der Waals surface area contributed by atoms with Crippen molar-refractivity contribution in [1.82, 2.24) is 9.97 Å². The average Bonchev–Trinajstić information content (AvgIpc) is 2.09. The molecule has 0 saturated heterocycles. The number of aryl methyl sites for hydroxylation is 1. The van der Waals surface area contributed by atoms with Gasteiger partial charge in [-0.3, -0.25) is 0 Å². The first-order valence-corrected chi connectivity index (χ1v) is 4.30. The zero-order valence-corrected chi connectivity index (χ0v) is 7.58. The molecule has 0 unspecified atom stereocenters. The molecule has 1 aromatic heterocycles. The molecule has 0 saturated carbocycles. The van der Waals surface area contributed by atoms with Gasteiger partial charge in [0.2, 0.25) is 0 Å².